The minimum absolute atomic E-state index is 0.788. The van der Waals surface area contributed by atoms with Gasteiger partial charge in [0, 0.05) is 11.5 Å². The van der Waals surface area contributed by atoms with Gasteiger partial charge in [-0.05, 0) is 6.92 Å². The zero-order valence-electron chi connectivity index (χ0n) is 4.52. The van der Waals surface area contributed by atoms with Crippen LogP contribution in [0, 0.1) is 0 Å². The predicted molar refractivity (Wildman–Crippen MR) is 39.5 cm³/mol. The van der Waals surface area contributed by atoms with E-state index in [2.05, 4.69) is 4.99 Å². The molecule has 0 aromatic carbocycles. The fourth-order valence-electron chi connectivity index (χ4n) is 0.409. The molecule has 0 fully saturated rings. The maximum Gasteiger partial charge on any atom is 0.0921 e. The van der Waals surface area contributed by atoms with Gasteiger partial charge in [-0.15, -0.1) is 11.8 Å². The van der Waals surface area contributed by atoms with Gasteiger partial charge < -0.3 is 0 Å². The zero-order chi connectivity index (χ0) is 5.98. The first-order valence-electron chi connectivity index (χ1n) is 2.31. The number of hydrogen-bond acceptors (Lipinski definition) is 2. The Balaban J connectivity index is 2.65. The summed E-state index contributed by atoms with van der Waals surface area (Å²) >= 11 is 7.22. The van der Waals surface area contributed by atoms with Crippen molar-refractivity contribution >= 4 is 29.1 Å². The van der Waals surface area contributed by atoms with Crippen LogP contribution in [-0.2, 0) is 0 Å². The maximum absolute atomic E-state index is 5.60. The molecule has 0 aliphatic carbocycles. The van der Waals surface area contributed by atoms with E-state index in [1.54, 1.807) is 18.0 Å². The smallest absolute Gasteiger partial charge is 0.0921 e. The minimum Gasteiger partial charge on any atom is -0.263 e. The third-order valence-electron chi connectivity index (χ3n) is 0.805. The first-order chi connectivity index (χ1) is 3.79. The van der Waals surface area contributed by atoms with E-state index in [0.29, 0.717) is 0 Å². The van der Waals surface area contributed by atoms with Gasteiger partial charge in [0.1, 0.15) is 0 Å². The van der Waals surface area contributed by atoms with Crippen LogP contribution in [0.25, 0.3) is 0 Å². The van der Waals surface area contributed by atoms with Gasteiger partial charge in [0.2, 0.25) is 0 Å². The van der Waals surface area contributed by atoms with Crippen molar-refractivity contribution in [2.75, 3.05) is 5.75 Å². The summed E-state index contributed by atoms with van der Waals surface area (Å²) in [6.07, 6.45) is 1.69. The first kappa shape index (κ1) is 6.17. The van der Waals surface area contributed by atoms with Gasteiger partial charge in [-0.1, -0.05) is 11.6 Å². The molecule has 0 saturated heterocycles. The summed E-state index contributed by atoms with van der Waals surface area (Å²) in [6.45, 7) is 1.99. The van der Waals surface area contributed by atoms with Crippen molar-refractivity contribution in [3.63, 3.8) is 0 Å². The quantitative estimate of drug-likeness (QED) is 0.512. The van der Waals surface area contributed by atoms with Crippen LogP contribution < -0.4 is 0 Å². The first-order valence-corrected chi connectivity index (χ1v) is 3.67. The molecule has 3 heteroatoms. The number of thioether (sulfide) groups is 1. The maximum atomic E-state index is 5.60. The molecule has 1 aliphatic rings. The number of aliphatic imine (C=N–C) groups is 1. The third-order valence-corrected chi connectivity index (χ3v) is 2.17. The summed E-state index contributed by atoms with van der Waals surface area (Å²) in [4.78, 5) is 4.01. The topological polar surface area (TPSA) is 12.4 Å². The molecule has 0 radical (unpaired) electrons. The second-order valence-corrected chi connectivity index (χ2v) is 3.23. The van der Waals surface area contributed by atoms with Crippen LogP contribution in [0.2, 0.25) is 0 Å². The van der Waals surface area contributed by atoms with Crippen LogP contribution in [0.15, 0.2) is 15.6 Å². The zero-order valence-corrected chi connectivity index (χ0v) is 6.09. The normalized spacial score (nSPS) is 19.8. The Morgan fingerprint density at radius 2 is 2.62 bits per heavy atom. The molecule has 0 atom stereocenters. The van der Waals surface area contributed by atoms with Crippen molar-refractivity contribution < 1.29 is 0 Å². The molecule has 0 aromatic rings. The van der Waals surface area contributed by atoms with Gasteiger partial charge in [0.05, 0.1) is 10.6 Å². The molecule has 0 aromatic heterocycles. The van der Waals surface area contributed by atoms with E-state index in [4.69, 9.17) is 11.6 Å². The lowest BCUT2D eigenvalue weighted by atomic mass is 10.5. The third kappa shape index (κ3) is 1.53. The van der Waals surface area contributed by atoms with Crippen molar-refractivity contribution in [2.24, 2.45) is 4.99 Å². The summed E-state index contributed by atoms with van der Waals surface area (Å²) in [6, 6.07) is 0. The van der Waals surface area contributed by atoms with Crippen LogP contribution in [0.5, 0.6) is 0 Å². The van der Waals surface area contributed by atoms with E-state index in [1.165, 1.54) is 0 Å². The molecule has 0 saturated carbocycles. The standard InChI is InChI=1S/C5H6ClNS/c1-4-3-8-5(6)2-7-4/h2H,3H2,1H3. The Labute approximate surface area is 57.8 Å². The average molecular weight is 148 g/mol. The Hall–Kier alpha value is 0.0500. The van der Waals surface area contributed by atoms with Crippen LogP contribution in [0.1, 0.15) is 6.92 Å². The van der Waals surface area contributed by atoms with Gasteiger partial charge in [0.15, 0.2) is 0 Å². The molecule has 0 unspecified atom stereocenters. The summed E-state index contributed by atoms with van der Waals surface area (Å²) in [5.74, 6) is 0.940. The summed E-state index contributed by atoms with van der Waals surface area (Å²) in [5, 5.41) is 0. The van der Waals surface area contributed by atoms with E-state index in [-0.39, 0.29) is 0 Å². The van der Waals surface area contributed by atoms with Gasteiger partial charge in [-0.25, -0.2) is 0 Å². The number of halogens is 1. The van der Waals surface area contributed by atoms with Crippen molar-refractivity contribution in [2.45, 2.75) is 6.92 Å². The average Bonchev–Trinajstić information content (AvgIpc) is 1.77. The molecule has 0 N–H and O–H groups in total. The van der Waals surface area contributed by atoms with Crippen molar-refractivity contribution in [1.29, 1.82) is 0 Å². The summed E-state index contributed by atoms with van der Waals surface area (Å²) in [5.41, 5.74) is 1.14. The Morgan fingerprint density at radius 1 is 1.88 bits per heavy atom. The largest absolute Gasteiger partial charge is 0.263 e. The van der Waals surface area contributed by atoms with Gasteiger partial charge in [0.25, 0.3) is 0 Å². The molecule has 0 spiro atoms. The molecule has 0 amide bonds. The molecule has 1 heterocycles. The second-order valence-electron chi connectivity index (χ2n) is 1.59. The lowest BCUT2D eigenvalue weighted by molar-refractivity contribution is 1.49. The highest BCUT2D eigenvalue weighted by atomic mass is 35.5. The molecule has 1 aliphatic heterocycles. The molecule has 1 nitrogen and oxygen atoms in total. The van der Waals surface area contributed by atoms with Gasteiger partial charge >= 0.3 is 0 Å². The molecule has 44 valence electrons. The van der Waals surface area contributed by atoms with E-state index in [1.807, 2.05) is 6.92 Å². The molecule has 8 heavy (non-hydrogen) atoms. The fourth-order valence-corrected chi connectivity index (χ4v) is 1.17. The molecule has 1 rings (SSSR count). The van der Waals surface area contributed by atoms with E-state index in [9.17, 15) is 0 Å². The highest BCUT2D eigenvalue weighted by Crippen LogP contribution is 2.22. The predicted octanol–water partition coefficient (Wildman–Crippen LogP) is 2.23. The van der Waals surface area contributed by atoms with Crippen molar-refractivity contribution in [3.8, 4) is 0 Å². The lowest BCUT2D eigenvalue weighted by Gasteiger charge is -2.02. The Bertz CT molecular complexity index is 133. The number of rotatable bonds is 0. The van der Waals surface area contributed by atoms with Crippen molar-refractivity contribution in [1.82, 2.24) is 0 Å². The minimum atomic E-state index is 0.788. The number of nitrogens with zero attached hydrogens (tertiary/aromatic N) is 1. The molecular formula is C5H6ClNS. The lowest BCUT2D eigenvalue weighted by Crippen LogP contribution is -1.96. The van der Waals surface area contributed by atoms with Crippen molar-refractivity contribution in [3.05, 3.63) is 10.6 Å². The SMILES string of the molecule is CC1=NC=C(Cl)SC1. The van der Waals surface area contributed by atoms with Crippen LogP contribution in [-0.4, -0.2) is 11.5 Å². The Kier molecular flexibility index (Phi) is 1.97. The summed E-state index contributed by atoms with van der Waals surface area (Å²) in [7, 11) is 0. The van der Waals surface area contributed by atoms with Crippen LogP contribution in [0.3, 0.4) is 0 Å². The highest BCUT2D eigenvalue weighted by Gasteiger charge is 1.99. The van der Waals surface area contributed by atoms with E-state index < -0.39 is 0 Å². The van der Waals surface area contributed by atoms with Crippen LogP contribution >= 0.6 is 23.4 Å². The Morgan fingerprint density at radius 3 is 3.00 bits per heavy atom. The van der Waals surface area contributed by atoms with E-state index >= 15 is 0 Å². The summed E-state index contributed by atoms with van der Waals surface area (Å²) < 4.78 is 0.788. The van der Waals surface area contributed by atoms with Gasteiger partial charge in [-0.3, -0.25) is 4.99 Å². The van der Waals surface area contributed by atoms with E-state index in [0.717, 1.165) is 15.8 Å². The number of hydrogen-bond donors (Lipinski definition) is 0. The van der Waals surface area contributed by atoms with Gasteiger partial charge in [-0.2, -0.15) is 0 Å². The van der Waals surface area contributed by atoms with Crippen LogP contribution in [0.4, 0.5) is 0 Å². The highest BCUT2D eigenvalue weighted by molar-refractivity contribution is 8.05. The fraction of sp³-hybridized carbons (Fsp3) is 0.400. The molecule has 0 bridgehead atoms. The molecular weight excluding hydrogens is 142 g/mol. The monoisotopic (exact) mass is 147 g/mol. The second kappa shape index (κ2) is 2.55.